The monoisotopic (exact) mass is 462 g/mol. The Morgan fingerprint density at radius 2 is 1.88 bits per heavy atom. The Morgan fingerprint density at radius 3 is 2.45 bits per heavy atom. The van der Waals surface area contributed by atoms with Crippen molar-refractivity contribution in [2.75, 3.05) is 11.9 Å². The molecule has 0 aliphatic carbocycles. The third-order valence-electron chi connectivity index (χ3n) is 6.35. The Bertz CT molecular complexity index is 1160. The van der Waals surface area contributed by atoms with Gasteiger partial charge in [0, 0.05) is 35.2 Å². The van der Waals surface area contributed by atoms with Crippen molar-refractivity contribution in [2.24, 2.45) is 5.41 Å². The van der Waals surface area contributed by atoms with Crippen molar-refractivity contribution in [1.29, 1.82) is 0 Å². The summed E-state index contributed by atoms with van der Waals surface area (Å²) in [4.78, 5) is 17.5. The van der Waals surface area contributed by atoms with Crippen LogP contribution in [0.1, 0.15) is 80.7 Å². The Hall–Kier alpha value is -2.66. The minimum Gasteiger partial charge on any atom is -0.492 e. The molecule has 174 valence electrons. The maximum Gasteiger partial charge on any atom is 0.224 e. The highest BCUT2D eigenvalue weighted by atomic mass is 32.1. The lowest BCUT2D eigenvalue weighted by molar-refractivity contribution is -0.117. The van der Waals surface area contributed by atoms with E-state index >= 15 is 0 Å². The van der Waals surface area contributed by atoms with E-state index in [1.165, 1.54) is 11.1 Å². The molecular formula is C28H34N2O2S. The maximum atomic E-state index is 12.9. The van der Waals surface area contributed by atoms with Gasteiger partial charge >= 0.3 is 0 Å². The number of ether oxygens (including phenoxy) is 1. The number of thiazole rings is 1. The summed E-state index contributed by atoms with van der Waals surface area (Å²) in [6.07, 6.45) is 2.28. The van der Waals surface area contributed by atoms with Crippen molar-refractivity contribution in [1.82, 2.24) is 4.98 Å². The number of nitrogens with zero attached hydrogens (tertiary/aromatic N) is 1. The SMILES string of the molecule is Cc1c(NC(=O)CC(C)(C)C)c(C)c2c(c1-c1nccs1)OCC2c1ccc(C(C)C)cc1. The van der Waals surface area contributed by atoms with E-state index in [2.05, 4.69) is 83.0 Å². The first kappa shape index (κ1) is 23.5. The van der Waals surface area contributed by atoms with Gasteiger partial charge in [-0.15, -0.1) is 11.3 Å². The second kappa shape index (κ2) is 8.94. The molecule has 0 fully saturated rings. The number of amides is 1. The number of carbonyl (C=O) groups excluding carboxylic acids is 1. The minimum atomic E-state index is -0.0788. The van der Waals surface area contributed by atoms with Crippen LogP contribution in [-0.2, 0) is 4.79 Å². The van der Waals surface area contributed by atoms with Crippen LogP contribution < -0.4 is 10.1 Å². The zero-order valence-corrected chi connectivity index (χ0v) is 21.5. The summed E-state index contributed by atoms with van der Waals surface area (Å²) in [5, 5.41) is 6.15. The lowest BCUT2D eigenvalue weighted by atomic mass is 9.85. The van der Waals surface area contributed by atoms with Crippen molar-refractivity contribution in [3.63, 3.8) is 0 Å². The number of anilines is 1. The van der Waals surface area contributed by atoms with Crippen LogP contribution in [0.25, 0.3) is 10.6 Å². The Balaban J connectivity index is 1.84. The predicted octanol–water partition coefficient (Wildman–Crippen LogP) is 7.45. The number of carbonyl (C=O) groups is 1. The molecule has 1 aromatic heterocycles. The largest absolute Gasteiger partial charge is 0.492 e. The molecule has 4 nitrogen and oxygen atoms in total. The van der Waals surface area contributed by atoms with E-state index in [1.807, 2.05) is 11.6 Å². The van der Waals surface area contributed by atoms with E-state index in [-0.39, 0.29) is 17.2 Å². The van der Waals surface area contributed by atoms with Crippen molar-refractivity contribution in [2.45, 2.75) is 66.7 Å². The van der Waals surface area contributed by atoms with Gasteiger partial charge in [0.15, 0.2) is 0 Å². The molecule has 5 heteroatoms. The zero-order chi connectivity index (χ0) is 23.9. The van der Waals surface area contributed by atoms with Gasteiger partial charge in [-0.25, -0.2) is 4.98 Å². The van der Waals surface area contributed by atoms with E-state index in [9.17, 15) is 4.79 Å². The van der Waals surface area contributed by atoms with E-state index < -0.39 is 0 Å². The van der Waals surface area contributed by atoms with E-state index in [1.54, 1.807) is 11.3 Å². The molecule has 1 aliphatic rings. The molecule has 1 atom stereocenters. The first-order chi connectivity index (χ1) is 15.6. The van der Waals surface area contributed by atoms with Crippen LogP contribution in [0, 0.1) is 19.3 Å². The third-order valence-corrected chi connectivity index (χ3v) is 7.14. The van der Waals surface area contributed by atoms with Crippen LogP contribution in [0.5, 0.6) is 5.75 Å². The van der Waals surface area contributed by atoms with Gasteiger partial charge < -0.3 is 10.1 Å². The molecule has 0 bridgehead atoms. The number of benzene rings is 2. The highest BCUT2D eigenvalue weighted by Gasteiger charge is 2.34. The van der Waals surface area contributed by atoms with Crippen molar-refractivity contribution >= 4 is 22.9 Å². The van der Waals surface area contributed by atoms with Gasteiger partial charge in [0.2, 0.25) is 5.91 Å². The molecule has 0 radical (unpaired) electrons. The molecule has 0 spiro atoms. The summed E-state index contributed by atoms with van der Waals surface area (Å²) in [5.74, 6) is 1.57. The van der Waals surface area contributed by atoms with Crippen LogP contribution in [0.3, 0.4) is 0 Å². The van der Waals surface area contributed by atoms with Crippen LogP contribution in [0.15, 0.2) is 35.8 Å². The van der Waals surface area contributed by atoms with Gasteiger partial charge in [-0.05, 0) is 47.4 Å². The first-order valence-corrected chi connectivity index (χ1v) is 12.5. The fourth-order valence-electron chi connectivity index (χ4n) is 4.67. The summed E-state index contributed by atoms with van der Waals surface area (Å²) in [6.45, 7) is 15.4. The molecular weight excluding hydrogens is 428 g/mol. The standard InChI is InChI=1S/C28H34N2O2S/c1-16(2)19-8-10-20(11-9-19)21-15-32-26-23(21)17(3)25(30-22(31)14-28(5,6)7)18(4)24(26)27-29-12-13-33-27/h8-13,16,21H,14-15H2,1-7H3,(H,30,31). The number of rotatable bonds is 5. The van der Waals surface area contributed by atoms with Crippen molar-refractivity contribution in [3.8, 4) is 16.3 Å². The number of hydrogen-bond acceptors (Lipinski definition) is 4. The predicted molar refractivity (Wildman–Crippen MR) is 138 cm³/mol. The highest BCUT2D eigenvalue weighted by Crippen LogP contribution is 2.51. The summed E-state index contributed by atoms with van der Waals surface area (Å²) in [6, 6.07) is 8.88. The summed E-state index contributed by atoms with van der Waals surface area (Å²) < 4.78 is 6.35. The fourth-order valence-corrected chi connectivity index (χ4v) is 5.40. The average Bonchev–Trinajstić information content (AvgIpc) is 3.41. The number of hydrogen-bond donors (Lipinski definition) is 1. The van der Waals surface area contributed by atoms with E-state index in [4.69, 9.17) is 4.74 Å². The molecule has 0 saturated heterocycles. The lowest BCUT2D eigenvalue weighted by Crippen LogP contribution is -2.21. The molecule has 1 N–H and O–H groups in total. The van der Waals surface area contributed by atoms with E-state index in [0.717, 1.165) is 38.7 Å². The molecule has 33 heavy (non-hydrogen) atoms. The number of nitrogens with one attached hydrogen (secondary N) is 1. The Morgan fingerprint density at radius 1 is 1.18 bits per heavy atom. The molecule has 0 saturated carbocycles. The number of aromatic nitrogens is 1. The zero-order valence-electron chi connectivity index (χ0n) is 20.7. The molecule has 2 heterocycles. The normalized spacial score (nSPS) is 15.5. The van der Waals surface area contributed by atoms with Gasteiger partial charge in [-0.3, -0.25) is 4.79 Å². The van der Waals surface area contributed by atoms with Crippen molar-refractivity contribution < 1.29 is 9.53 Å². The molecule has 1 amide bonds. The highest BCUT2D eigenvalue weighted by molar-refractivity contribution is 7.13. The van der Waals surface area contributed by atoms with Crippen molar-refractivity contribution in [3.05, 3.63) is 63.7 Å². The lowest BCUT2D eigenvalue weighted by Gasteiger charge is -2.23. The molecule has 4 rings (SSSR count). The topological polar surface area (TPSA) is 51.2 Å². The molecule has 1 aliphatic heterocycles. The molecule has 2 aromatic carbocycles. The van der Waals surface area contributed by atoms with Gasteiger partial charge in [0.1, 0.15) is 10.8 Å². The fraction of sp³-hybridized carbons (Fsp3) is 0.429. The first-order valence-electron chi connectivity index (χ1n) is 11.7. The third kappa shape index (κ3) is 4.70. The van der Waals surface area contributed by atoms with Gasteiger partial charge in [-0.1, -0.05) is 58.9 Å². The summed E-state index contributed by atoms with van der Waals surface area (Å²) in [7, 11) is 0. The summed E-state index contributed by atoms with van der Waals surface area (Å²) >= 11 is 1.60. The Kier molecular flexibility index (Phi) is 6.37. The Labute approximate surface area is 201 Å². The van der Waals surface area contributed by atoms with Crippen LogP contribution in [-0.4, -0.2) is 17.5 Å². The minimum absolute atomic E-state index is 0.0375. The van der Waals surface area contributed by atoms with Crippen LogP contribution in [0.2, 0.25) is 0 Å². The van der Waals surface area contributed by atoms with Crippen LogP contribution >= 0.6 is 11.3 Å². The van der Waals surface area contributed by atoms with Gasteiger partial charge in [-0.2, -0.15) is 0 Å². The quantitative estimate of drug-likeness (QED) is 0.428. The van der Waals surface area contributed by atoms with Crippen LogP contribution in [0.4, 0.5) is 5.69 Å². The summed E-state index contributed by atoms with van der Waals surface area (Å²) in [5.41, 5.74) is 7.64. The second-order valence-electron chi connectivity index (χ2n) is 10.6. The van der Waals surface area contributed by atoms with E-state index in [0.29, 0.717) is 18.9 Å². The van der Waals surface area contributed by atoms with Gasteiger partial charge in [0.05, 0.1) is 12.2 Å². The second-order valence-corrected chi connectivity index (χ2v) is 11.4. The molecule has 1 unspecified atom stereocenters. The number of fused-ring (bicyclic) bond motifs is 1. The molecule has 3 aromatic rings. The maximum absolute atomic E-state index is 12.9. The average molecular weight is 463 g/mol. The van der Waals surface area contributed by atoms with Gasteiger partial charge in [0.25, 0.3) is 0 Å². The smallest absolute Gasteiger partial charge is 0.224 e.